The van der Waals surface area contributed by atoms with E-state index in [9.17, 15) is 32.5 Å². The lowest BCUT2D eigenvalue weighted by Crippen LogP contribution is -2.55. The average Bonchev–Trinajstić information content (AvgIpc) is 3.19. The van der Waals surface area contributed by atoms with Crippen molar-refractivity contribution in [3.63, 3.8) is 0 Å². The van der Waals surface area contributed by atoms with E-state index in [1.165, 1.54) is 6.42 Å². The van der Waals surface area contributed by atoms with E-state index in [1.807, 2.05) is 13.8 Å². The maximum absolute atomic E-state index is 13.1. The van der Waals surface area contributed by atoms with Crippen molar-refractivity contribution in [2.45, 2.75) is 76.3 Å². The Labute approximate surface area is 212 Å². The molecule has 0 aromatic heterocycles. The van der Waals surface area contributed by atoms with Gasteiger partial charge in [0.15, 0.2) is 0 Å². The Bertz CT molecular complexity index is 938. The van der Waals surface area contributed by atoms with E-state index in [4.69, 9.17) is 4.74 Å². The molecule has 5 N–H and O–H groups in total. The SMILES string of the molecule is CC(C)C[C@H](NC(=O)OC[C@@H]1C[C@@H]2C=CC[C@@H](C2)C1)C(=O)N[C@@H](C[C@@H]1CCNC1=O)C(O)S(=O)(=O)O. The van der Waals surface area contributed by atoms with Gasteiger partial charge < -0.3 is 25.8 Å². The zero-order chi connectivity index (χ0) is 26.5. The summed E-state index contributed by atoms with van der Waals surface area (Å²) in [4.78, 5) is 37.6. The Morgan fingerprint density at radius 3 is 2.58 bits per heavy atom. The maximum atomic E-state index is 13.1. The molecule has 1 unspecified atom stereocenters. The molecule has 1 saturated carbocycles. The lowest BCUT2D eigenvalue weighted by Gasteiger charge is -2.35. The van der Waals surface area contributed by atoms with Crippen LogP contribution in [0.5, 0.6) is 0 Å². The third kappa shape index (κ3) is 8.17. The number of nitrogens with one attached hydrogen (secondary N) is 3. The van der Waals surface area contributed by atoms with E-state index in [1.54, 1.807) is 0 Å². The number of aliphatic hydroxyl groups excluding tert-OH is 1. The van der Waals surface area contributed by atoms with Crippen molar-refractivity contribution >= 4 is 28.0 Å². The highest BCUT2D eigenvalue weighted by Crippen LogP contribution is 2.39. The highest BCUT2D eigenvalue weighted by atomic mass is 32.2. The predicted octanol–water partition coefficient (Wildman–Crippen LogP) is 1.34. The zero-order valence-corrected chi connectivity index (χ0v) is 21.7. The lowest BCUT2D eigenvalue weighted by molar-refractivity contribution is -0.126. The van der Waals surface area contributed by atoms with E-state index < -0.39 is 45.6 Å². The number of carbonyl (C=O) groups is 3. The average molecular weight is 530 g/mol. The van der Waals surface area contributed by atoms with Gasteiger partial charge in [0.1, 0.15) is 6.04 Å². The number of amides is 3. The van der Waals surface area contributed by atoms with Gasteiger partial charge in [-0.1, -0.05) is 26.0 Å². The number of rotatable bonds is 11. The molecule has 3 amide bonds. The van der Waals surface area contributed by atoms with E-state index in [-0.39, 0.29) is 37.2 Å². The second kappa shape index (κ2) is 12.4. The summed E-state index contributed by atoms with van der Waals surface area (Å²) in [6.45, 7) is 4.36. The molecule has 1 saturated heterocycles. The van der Waals surface area contributed by atoms with Gasteiger partial charge in [-0.2, -0.15) is 8.42 Å². The van der Waals surface area contributed by atoms with Crippen LogP contribution in [0.15, 0.2) is 12.2 Å². The summed E-state index contributed by atoms with van der Waals surface area (Å²) in [5.41, 5.74) is -2.32. The van der Waals surface area contributed by atoms with Crippen molar-refractivity contribution in [1.82, 2.24) is 16.0 Å². The van der Waals surface area contributed by atoms with Crippen molar-refractivity contribution in [1.29, 1.82) is 0 Å². The molecular formula is C24H39N3O8S. The van der Waals surface area contributed by atoms with Crippen molar-refractivity contribution in [3.05, 3.63) is 12.2 Å². The number of carbonyl (C=O) groups excluding carboxylic acids is 3. The third-order valence-corrected chi connectivity index (χ3v) is 8.20. The van der Waals surface area contributed by atoms with Crippen LogP contribution in [0.3, 0.4) is 0 Å². The van der Waals surface area contributed by atoms with Gasteiger partial charge in [0, 0.05) is 12.5 Å². The van der Waals surface area contributed by atoms with Crippen LogP contribution in [-0.4, -0.2) is 66.7 Å². The molecule has 12 heteroatoms. The minimum Gasteiger partial charge on any atom is -0.449 e. The Balaban J connectivity index is 1.60. The standard InChI is InChI=1S/C24H39N3O8S/c1-14(2)8-19(27-24(31)35-13-17-10-15-4-3-5-16(9-15)11-17)22(29)26-20(23(30)36(32,33)34)12-18-6-7-25-21(18)28/h3-4,14-20,23,30H,5-13H2,1-2H3,(H,25,28)(H,26,29)(H,27,31)(H,32,33,34)/t15-,16+,17-,18+,19+,20+,23?/m1/s1. The lowest BCUT2D eigenvalue weighted by atomic mass is 9.71. The van der Waals surface area contributed by atoms with Gasteiger partial charge in [-0.15, -0.1) is 0 Å². The Morgan fingerprint density at radius 2 is 1.97 bits per heavy atom. The first-order valence-corrected chi connectivity index (χ1v) is 14.2. The topological polar surface area (TPSA) is 171 Å². The molecule has 0 spiro atoms. The summed E-state index contributed by atoms with van der Waals surface area (Å²) >= 11 is 0. The maximum Gasteiger partial charge on any atom is 0.407 e. The summed E-state index contributed by atoms with van der Waals surface area (Å²) < 4.78 is 38.0. The number of allylic oxidation sites excluding steroid dienone is 2. The third-order valence-electron chi connectivity index (χ3n) is 7.26. The summed E-state index contributed by atoms with van der Waals surface area (Å²) in [5.74, 6) is -0.300. The van der Waals surface area contributed by atoms with E-state index in [0.29, 0.717) is 24.8 Å². The summed E-state index contributed by atoms with van der Waals surface area (Å²) in [6, 6.07) is -2.50. The monoisotopic (exact) mass is 529 g/mol. The molecule has 3 rings (SSSR count). The van der Waals surface area contributed by atoms with Crippen molar-refractivity contribution in [2.75, 3.05) is 13.2 Å². The van der Waals surface area contributed by atoms with E-state index in [2.05, 4.69) is 28.1 Å². The fourth-order valence-corrected chi connectivity index (χ4v) is 6.15. The molecule has 2 fully saturated rings. The minimum absolute atomic E-state index is 0.00360. The summed E-state index contributed by atoms with van der Waals surface area (Å²) in [5, 5.41) is 17.8. The molecule has 204 valence electrons. The van der Waals surface area contributed by atoms with Crippen molar-refractivity contribution in [2.24, 2.45) is 29.6 Å². The van der Waals surface area contributed by atoms with Gasteiger partial charge in [-0.05, 0) is 68.6 Å². The van der Waals surface area contributed by atoms with E-state index >= 15 is 0 Å². The smallest absolute Gasteiger partial charge is 0.407 e. The number of hydrogen-bond acceptors (Lipinski definition) is 7. The molecule has 1 aliphatic heterocycles. The van der Waals surface area contributed by atoms with Crippen LogP contribution in [0.1, 0.15) is 58.8 Å². The van der Waals surface area contributed by atoms with Gasteiger partial charge in [0.2, 0.25) is 17.3 Å². The van der Waals surface area contributed by atoms with Crippen LogP contribution in [0.4, 0.5) is 4.79 Å². The van der Waals surface area contributed by atoms with Gasteiger partial charge in [0.25, 0.3) is 10.1 Å². The number of fused-ring (bicyclic) bond motifs is 2. The van der Waals surface area contributed by atoms with Crippen LogP contribution in [-0.2, 0) is 24.4 Å². The summed E-state index contributed by atoms with van der Waals surface area (Å²) in [6.07, 6.45) is 8.35. The van der Waals surface area contributed by atoms with Crippen LogP contribution in [0, 0.1) is 29.6 Å². The highest BCUT2D eigenvalue weighted by molar-refractivity contribution is 7.86. The normalized spacial score (nSPS) is 28.2. The zero-order valence-electron chi connectivity index (χ0n) is 20.9. The number of ether oxygens (including phenoxy) is 1. The van der Waals surface area contributed by atoms with Gasteiger partial charge in [-0.25, -0.2) is 4.79 Å². The Kier molecular flexibility index (Phi) is 9.76. The number of hydrogen-bond donors (Lipinski definition) is 5. The van der Waals surface area contributed by atoms with E-state index in [0.717, 1.165) is 19.3 Å². The first-order valence-electron chi connectivity index (χ1n) is 12.7. The van der Waals surface area contributed by atoms with Crippen LogP contribution < -0.4 is 16.0 Å². The van der Waals surface area contributed by atoms with Crippen LogP contribution in [0.2, 0.25) is 0 Å². The fourth-order valence-electron chi connectivity index (χ4n) is 5.56. The molecule has 11 nitrogen and oxygen atoms in total. The van der Waals surface area contributed by atoms with Crippen LogP contribution in [0.25, 0.3) is 0 Å². The molecule has 0 aromatic rings. The van der Waals surface area contributed by atoms with Crippen molar-refractivity contribution in [3.8, 4) is 0 Å². The van der Waals surface area contributed by atoms with Gasteiger partial charge in [0.05, 0.1) is 12.6 Å². The van der Waals surface area contributed by atoms with Gasteiger partial charge in [-0.3, -0.25) is 14.1 Å². The highest BCUT2D eigenvalue weighted by Gasteiger charge is 2.38. The largest absolute Gasteiger partial charge is 0.449 e. The molecule has 2 bridgehead atoms. The first kappa shape index (κ1) is 28.4. The second-order valence-corrected chi connectivity index (χ2v) is 12.3. The predicted molar refractivity (Wildman–Crippen MR) is 131 cm³/mol. The molecule has 1 heterocycles. The quantitative estimate of drug-likeness (QED) is 0.197. The Hall–Kier alpha value is -2.18. The number of aliphatic hydroxyl groups is 1. The summed E-state index contributed by atoms with van der Waals surface area (Å²) in [7, 11) is -4.91. The molecular weight excluding hydrogens is 490 g/mol. The van der Waals surface area contributed by atoms with Crippen molar-refractivity contribution < 1.29 is 37.2 Å². The minimum atomic E-state index is -4.91. The molecule has 0 radical (unpaired) electrons. The molecule has 36 heavy (non-hydrogen) atoms. The first-order chi connectivity index (χ1) is 16.9. The molecule has 0 aromatic carbocycles. The number of alkyl carbamates (subject to hydrolysis) is 1. The molecule has 7 atom stereocenters. The molecule has 2 aliphatic carbocycles. The van der Waals surface area contributed by atoms with Gasteiger partial charge >= 0.3 is 6.09 Å². The second-order valence-electron chi connectivity index (χ2n) is 10.8. The fraction of sp³-hybridized carbons (Fsp3) is 0.792. The Morgan fingerprint density at radius 1 is 1.22 bits per heavy atom. The molecule has 3 aliphatic rings. The van der Waals surface area contributed by atoms with Crippen LogP contribution >= 0.6 is 0 Å².